The molecule has 0 aliphatic carbocycles. The molecule has 1 fully saturated rings. The number of para-hydroxylation sites is 1. The number of hydrogen-bond acceptors (Lipinski definition) is 6. The standard InChI is InChI=1S/C17H19N5OS/c18-10-13(11-20-14-4-2-1-3-5-14)16-21-15(12-24-16)17(23)22-8-6-19-7-9-22/h1-5,10-12,19H,6-9,18H2/b13-10+,20-11?. The predicted octanol–water partition coefficient (Wildman–Crippen LogP) is 1.89. The second-order valence-corrected chi connectivity index (χ2v) is 6.15. The van der Waals surface area contributed by atoms with Crippen molar-refractivity contribution in [2.24, 2.45) is 10.7 Å². The van der Waals surface area contributed by atoms with E-state index in [-0.39, 0.29) is 5.91 Å². The van der Waals surface area contributed by atoms with Gasteiger partial charge in [-0.15, -0.1) is 11.3 Å². The lowest BCUT2D eigenvalue weighted by atomic mass is 10.3. The van der Waals surface area contributed by atoms with Crippen LogP contribution in [-0.2, 0) is 0 Å². The van der Waals surface area contributed by atoms with E-state index in [0.29, 0.717) is 29.4 Å². The van der Waals surface area contributed by atoms with E-state index in [2.05, 4.69) is 15.3 Å². The average molecular weight is 341 g/mol. The normalized spacial score (nSPS) is 15.8. The fourth-order valence-electron chi connectivity index (χ4n) is 2.36. The number of carbonyl (C=O) groups excluding carboxylic acids is 1. The van der Waals surface area contributed by atoms with Gasteiger partial charge in [0.1, 0.15) is 10.7 Å². The number of aliphatic imine (C=N–C) groups is 1. The highest BCUT2D eigenvalue weighted by atomic mass is 32.1. The number of hydrogen-bond donors (Lipinski definition) is 2. The van der Waals surface area contributed by atoms with Gasteiger partial charge in [-0.05, 0) is 12.1 Å². The molecule has 0 atom stereocenters. The van der Waals surface area contributed by atoms with Gasteiger partial charge in [0.2, 0.25) is 0 Å². The number of amides is 1. The highest BCUT2D eigenvalue weighted by Crippen LogP contribution is 2.20. The molecule has 3 rings (SSSR count). The molecule has 3 N–H and O–H groups in total. The molecule has 1 saturated heterocycles. The maximum absolute atomic E-state index is 12.5. The molecule has 0 unspecified atom stereocenters. The highest BCUT2D eigenvalue weighted by Gasteiger charge is 2.20. The molecule has 24 heavy (non-hydrogen) atoms. The minimum atomic E-state index is -0.0321. The molecule has 2 heterocycles. The highest BCUT2D eigenvalue weighted by molar-refractivity contribution is 7.11. The first-order valence-corrected chi connectivity index (χ1v) is 8.63. The van der Waals surface area contributed by atoms with Gasteiger partial charge < -0.3 is 16.0 Å². The molecule has 1 aliphatic heterocycles. The number of rotatable bonds is 4. The molecule has 0 bridgehead atoms. The Labute approximate surface area is 144 Å². The van der Waals surface area contributed by atoms with E-state index in [0.717, 1.165) is 18.8 Å². The Morgan fingerprint density at radius 1 is 1.29 bits per heavy atom. The van der Waals surface area contributed by atoms with Crippen LogP contribution in [0.1, 0.15) is 15.5 Å². The van der Waals surface area contributed by atoms with Crippen LogP contribution in [0.15, 0.2) is 46.9 Å². The Kier molecular flexibility index (Phi) is 5.35. The first kappa shape index (κ1) is 16.4. The van der Waals surface area contributed by atoms with Gasteiger partial charge in [-0.25, -0.2) is 4.98 Å². The number of aromatic nitrogens is 1. The third-order valence-corrected chi connectivity index (χ3v) is 4.55. The lowest BCUT2D eigenvalue weighted by Crippen LogP contribution is -2.46. The fraction of sp³-hybridized carbons (Fsp3) is 0.235. The quantitative estimate of drug-likeness (QED) is 0.832. The SMILES string of the molecule is N/C=C(\C=Nc1ccccc1)c1nc(C(=O)N2CCNCC2)cs1. The van der Waals surface area contributed by atoms with Crippen molar-refractivity contribution in [1.82, 2.24) is 15.2 Å². The van der Waals surface area contributed by atoms with E-state index in [1.165, 1.54) is 17.5 Å². The van der Waals surface area contributed by atoms with Crippen molar-refractivity contribution in [3.05, 3.63) is 52.6 Å². The van der Waals surface area contributed by atoms with E-state index in [1.54, 1.807) is 11.6 Å². The predicted molar refractivity (Wildman–Crippen MR) is 97.6 cm³/mol. The molecule has 2 aromatic rings. The van der Waals surface area contributed by atoms with Crippen LogP contribution in [0.25, 0.3) is 5.57 Å². The number of piperazine rings is 1. The monoisotopic (exact) mass is 341 g/mol. The third kappa shape index (κ3) is 3.87. The summed E-state index contributed by atoms with van der Waals surface area (Å²) in [5.41, 5.74) is 7.71. The van der Waals surface area contributed by atoms with Gasteiger partial charge in [0, 0.05) is 49.5 Å². The molecule has 7 heteroatoms. The lowest BCUT2D eigenvalue weighted by Gasteiger charge is -2.26. The summed E-state index contributed by atoms with van der Waals surface area (Å²) in [6, 6.07) is 9.60. The molecular weight excluding hydrogens is 322 g/mol. The Morgan fingerprint density at radius 2 is 2.04 bits per heavy atom. The van der Waals surface area contributed by atoms with Gasteiger partial charge >= 0.3 is 0 Å². The molecule has 1 aromatic carbocycles. The minimum Gasteiger partial charge on any atom is -0.404 e. The lowest BCUT2D eigenvalue weighted by molar-refractivity contribution is 0.0730. The van der Waals surface area contributed by atoms with Crippen molar-refractivity contribution < 1.29 is 4.79 Å². The van der Waals surface area contributed by atoms with Gasteiger partial charge in [0.15, 0.2) is 0 Å². The number of nitrogens with zero attached hydrogens (tertiary/aromatic N) is 3. The molecule has 1 amide bonds. The van der Waals surface area contributed by atoms with Crippen LogP contribution in [0.2, 0.25) is 0 Å². The zero-order valence-corrected chi connectivity index (χ0v) is 14.0. The Bertz CT molecular complexity index is 747. The smallest absolute Gasteiger partial charge is 0.273 e. The summed E-state index contributed by atoms with van der Waals surface area (Å²) in [5.74, 6) is -0.0321. The largest absolute Gasteiger partial charge is 0.404 e. The fourth-order valence-corrected chi connectivity index (χ4v) is 3.15. The van der Waals surface area contributed by atoms with Crippen molar-refractivity contribution in [3.63, 3.8) is 0 Å². The topological polar surface area (TPSA) is 83.6 Å². The van der Waals surface area contributed by atoms with Crippen LogP contribution >= 0.6 is 11.3 Å². The summed E-state index contributed by atoms with van der Waals surface area (Å²) < 4.78 is 0. The third-order valence-electron chi connectivity index (χ3n) is 3.66. The zero-order valence-electron chi connectivity index (χ0n) is 13.2. The zero-order chi connectivity index (χ0) is 16.8. The van der Waals surface area contributed by atoms with Gasteiger partial charge in [-0.2, -0.15) is 0 Å². The van der Waals surface area contributed by atoms with Crippen LogP contribution in [0.5, 0.6) is 0 Å². The van der Waals surface area contributed by atoms with Gasteiger partial charge in [0.05, 0.1) is 5.69 Å². The molecule has 0 spiro atoms. The van der Waals surface area contributed by atoms with Crippen LogP contribution in [0.3, 0.4) is 0 Å². The Morgan fingerprint density at radius 3 is 2.75 bits per heavy atom. The second kappa shape index (κ2) is 7.85. The number of carbonyl (C=O) groups is 1. The van der Waals surface area contributed by atoms with Crippen molar-refractivity contribution >= 4 is 34.7 Å². The first-order valence-electron chi connectivity index (χ1n) is 7.75. The van der Waals surface area contributed by atoms with Crippen LogP contribution in [0, 0.1) is 0 Å². The summed E-state index contributed by atoms with van der Waals surface area (Å²) >= 11 is 1.40. The Hall–Kier alpha value is -2.51. The summed E-state index contributed by atoms with van der Waals surface area (Å²) in [4.78, 5) is 23.1. The maximum atomic E-state index is 12.5. The number of nitrogens with one attached hydrogen (secondary N) is 1. The molecule has 1 aromatic heterocycles. The minimum absolute atomic E-state index is 0.0321. The second-order valence-electron chi connectivity index (χ2n) is 5.30. The van der Waals surface area contributed by atoms with Crippen LogP contribution in [-0.4, -0.2) is 48.2 Å². The Balaban J connectivity index is 1.73. The number of thiazole rings is 1. The molecule has 6 nitrogen and oxygen atoms in total. The van der Waals surface area contributed by atoms with E-state index < -0.39 is 0 Å². The number of allylic oxidation sites excluding steroid dienone is 1. The summed E-state index contributed by atoms with van der Waals surface area (Å²) in [7, 11) is 0. The van der Waals surface area contributed by atoms with E-state index in [9.17, 15) is 4.79 Å². The van der Waals surface area contributed by atoms with E-state index in [4.69, 9.17) is 5.73 Å². The molecule has 1 aliphatic rings. The average Bonchev–Trinajstić information content (AvgIpc) is 3.13. The summed E-state index contributed by atoms with van der Waals surface area (Å²) in [6.45, 7) is 3.06. The molecular formula is C17H19N5OS. The molecule has 0 saturated carbocycles. The van der Waals surface area contributed by atoms with Gasteiger partial charge in [-0.3, -0.25) is 9.79 Å². The van der Waals surface area contributed by atoms with Gasteiger partial charge in [-0.1, -0.05) is 18.2 Å². The van der Waals surface area contributed by atoms with Crippen molar-refractivity contribution in [2.45, 2.75) is 0 Å². The molecule has 0 radical (unpaired) electrons. The maximum Gasteiger partial charge on any atom is 0.273 e. The van der Waals surface area contributed by atoms with E-state index in [1.807, 2.05) is 35.2 Å². The van der Waals surface area contributed by atoms with Gasteiger partial charge in [0.25, 0.3) is 5.91 Å². The number of benzene rings is 1. The molecule has 124 valence electrons. The van der Waals surface area contributed by atoms with Crippen molar-refractivity contribution in [1.29, 1.82) is 0 Å². The van der Waals surface area contributed by atoms with Crippen molar-refractivity contribution in [3.8, 4) is 0 Å². The van der Waals surface area contributed by atoms with E-state index >= 15 is 0 Å². The summed E-state index contributed by atoms with van der Waals surface area (Å²) in [5, 5.41) is 5.70. The first-order chi connectivity index (χ1) is 11.8. The summed E-state index contributed by atoms with van der Waals surface area (Å²) in [6.07, 6.45) is 3.14. The van der Waals surface area contributed by atoms with Crippen LogP contribution < -0.4 is 11.1 Å². The van der Waals surface area contributed by atoms with Crippen molar-refractivity contribution in [2.75, 3.05) is 26.2 Å². The number of nitrogens with two attached hydrogens (primary N) is 1. The van der Waals surface area contributed by atoms with Crippen LogP contribution in [0.4, 0.5) is 5.69 Å².